The molecule has 1 saturated heterocycles. The monoisotopic (exact) mass is 426 g/mol. The SMILES string of the molecule is c1ccc(Cn2cc(CNC[C@H](c3ccco3)N3CCCC3)c(-c3ccccc3)n2)cc1. The molecule has 0 radical (unpaired) electrons. The Balaban J connectivity index is 1.33. The summed E-state index contributed by atoms with van der Waals surface area (Å²) in [6.07, 6.45) is 6.49. The Morgan fingerprint density at radius 2 is 1.66 bits per heavy atom. The summed E-state index contributed by atoms with van der Waals surface area (Å²) in [5.41, 5.74) is 4.66. The van der Waals surface area contributed by atoms with Gasteiger partial charge in [0.2, 0.25) is 0 Å². The van der Waals surface area contributed by atoms with Crippen molar-refractivity contribution in [2.24, 2.45) is 0 Å². The van der Waals surface area contributed by atoms with Crippen LogP contribution in [-0.2, 0) is 13.1 Å². The van der Waals surface area contributed by atoms with Crippen molar-refractivity contribution in [3.05, 3.63) is 102 Å². The highest BCUT2D eigenvalue weighted by Crippen LogP contribution is 2.26. The van der Waals surface area contributed by atoms with E-state index in [1.54, 1.807) is 6.26 Å². The van der Waals surface area contributed by atoms with Gasteiger partial charge >= 0.3 is 0 Å². The summed E-state index contributed by atoms with van der Waals surface area (Å²) >= 11 is 0. The van der Waals surface area contributed by atoms with Crippen LogP contribution in [0, 0.1) is 0 Å². The van der Waals surface area contributed by atoms with Crippen molar-refractivity contribution >= 4 is 0 Å². The van der Waals surface area contributed by atoms with Gasteiger partial charge in [-0.25, -0.2) is 0 Å². The number of benzene rings is 2. The van der Waals surface area contributed by atoms with Crippen molar-refractivity contribution in [3.63, 3.8) is 0 Å². The van der Waals surface area contributed by atoms with Crippen molar-refractivity contribution in [2.75, 3.05) is 19.6 Å². The Bertz CT molecular complexity index is 1080. The van der Waals surface area contributed by atoms with Gasteiger partial charge < -0.3 is 9.73 Å². The zero-order valence-electron chi connectivity index (χ0n) is 18.4. The van der Waals surface area contributed by atoms with Crippen LogP contribution in [0.25, 0.3) is 11.3 Å². The maximum absolute atomic E-state index is 5.78. The van der Waals surface area contributed by atoms with E-state index in [0.29, 0.717) is 0 Å². The summed E-state index contributed by atoms with van der Waals surface area (Å²) in [6, 6.07) is 25.3. The van der Waals surface area contributed by atoms with Crippen LogP contribution in [0.3, 0.4) is 0 Å². The predicted molar refractivity (Wildman–Crippen MR) is 127 cm³/mol. The lowest BCUT2D eigenvalue weighted by Crippen LogP contribution is -2.33. The molecule has 1 fully saturated rings. The fourth-order valence-electron chi connectivity index (χ4n) is 4.57. The maximum atomic E-state index is 5.78. The van der Waals surface area contributed by atoms with Crippen molar-refractivity contribution in [1.29, 1.82) is 0 Å². The molecule has 0 unspecified atom stereocenters. The first kappa shape index (κ1) is 20.7. The standard InChI is InChI=1S/C27H30N4O/c1-3-10-22(11-4-1)20-31-21-24(27(29-31)23-12-5-2-6-13-23)18-28-19-25(26-14-9-17-32-26)30-15-7-8-16-30/h1-6,9-14,17,21,25,28H,7-8,15-16,18-20H2/t25-/m1/s1. The summed E-state index contributed by atoms with van der Waals surface area (Å²) in [4.78, 5) is 2.53. The number of hydrogen-bond donors (Lipinski definition) is 1. The van der Waals surface area contributed by atoms with Gasteiger partial charge in [-0.2, -0.15) is 5.10 Å². The average molecular weight is 427 g/mol. The number of furan rings is 1. The Hall–Kier alpha value is -3.15. The van der Waals surface area contributed by atoms with E-state index >= 15 is 0 Å². The van der Waals surface area contributed by atoms with Crippen LogP contribution >= 0.6 is 0 Å². The van der Waals surface area contributed by atoms with Crippen LogP contribution in [0.1, 0.15) is 35.8 Å². The fraction of sp³-hybridized carbons (Fsp3) is 0.296. The second kappa shape index (κ2) is 9.98. The van der Waals surface area contributed by atoms with Crippen LogP contribution < -0.4 is 5.32 Å². The number of aromatic nitrogens is 2. The molecule has 4 aromatic rings. The van der Waals surface area contributed by atoms with Gasteiger partial charge in [0.15, 0.2) is 0 Å². The van der Waals surface area contributed by atoms with Gasteiger partial charge in [-0.15, -0.1) is 0 Å². The number of likely N-dealkylation sites (tertiary alicyclic amines) is 1. The normalized spacial score (nSPS) is 15.2. The molecule has 5 nitrogen and oxygen atoms in total. The highest BCUT2D eigenvalue weighted by Gasteiger charge is 2.25. The van der Waals surface area contributed by atoms with Crippen molar-refractivity contribution in [1.82, 2.24) is 20.0 Å². The largest absolute Gasteiger partial charge is 0.468 e. The predicted octanol–water partition coefficient (Wildman–Crippen LogP) is 5.12. The van der Waals surface area contributed by atoms with E-state index < -0.39 is 0 Å². The lowest BCUT2D eigenvalue weighted by atomic mass is 10.1. The van der Waals surface area contributed by atoms with Crippen LogP contribution in [0.4, 0.5) is 0 Å². The molecule has 1 aliphatic heterocycles. The van der Waals surface area contributed by atoms with Gasteiger partial charge in [0.25, 0.3) is 0 Å². The summed E-state index contributed by atoms with van der Waals surface area (Å²) in [5, 5.41) is 8.65. The van der Waals surface area contributed by atoms with Crippen LogP contribution in [0.5, 0.6) is 0 Å². The molecule has 0 aliphatic carbocycles. The molecule has 32 heavy (non-hydrogen) atoms. The van der Waals surface area contributed by atoms with Crippen molar-refractivity contribution in [2.45, 2.75) is 32.0 Å². The van der Waals surface area contributed by atoms with Crippen molar-refractivity contribution < 1.29 is 4.42 Å². The van der Waals surface area contributed by atoms with Crippen molar-refractivity contribution in [3.8, 4) is 11.3 Å². The number of nitrogens with one attached hydrogen (secondary N) is 1. The minimum atomic E-state index is 0.270. The third-order valence-corrected chi connectivity index (χ3v) is 6.18. The summed E-state index contributed by atoms with van der Waals surface area (Å²) in [6.45, 7) is 4.66. The van der Waals surface area contributed by atoms with E-state index in [4.69, 9.17) is 9.52 Å². The highest BCUT2D eigenvalue weighted by atomic mass is 16.3. The van der Waals surface area contributed by atoms with E-state index in [1.807, 2.05) is 18.2 Å². The molecule has 1 aliphatic rings. The molecular formula is C27H30N4O. The zero-order valence-corrected chi connectivity index (χ0v) is 18.4. The van der Waals surface area contributed by atoms with Gasteiger partial charge in [0.1, 0.15) is 5.76 Å². The zero-order chi connectivity index (χ0) is 21.6. The highest BCUT2D eigenvalue weighted by molar-refractivity contribution is 5.62. The summed E-state index contributed by atoms with van der Waals surface area (Å²) in [7, 11) is 0. The lowest BCUT2D eigenvalue weighted by molar-refractivity contribution is 0.209. The molecule has 0 bridgehead atoms. The molecule has 5 heteroatoms. The maximum Gasteiger partial charge on any atom is 0.122 e. The lowest BCUT2D eigenvalue weighted by Gasteiger charge is -2.26. The molecule has 1 N–H and O–H groups in total. The van der Waals surface area contributed by atoms with Gasteiger partial charge in [-0.05, 0) is 43.6 Å². The molecule has 0 saturated carbocycles. The van der Waals surface area contributed by atoms with E-state index in [9.17, 15) is 0 Å². The third kappa shape index (κ3) is 4.85. The Labute approximate surface area is 189 Å². The second-order valence-corrected chi connectivity index (χ2v) is 8.46. The number of rotatable bonds is 9. The summed E-state index contributed by atoms with van der Waals surface area (Å²) < 4.78 is 7.83. The second-order valence-electron chi connectivity index (χ2n) is 8.46. The van der Waals surface area contributed by atoms with Crippen LogP contribution in [-0.4, -0.2) is 34.3 Å². The van der Waals surface area contributed by atoms with E-state index in [-0.39, 0.29) is 6.04 Å². The molecule has 3 heterocycles. The molecule has 2 aromatic carbocycles. The van der Waals surface area contributed by atoms with Gasteiger partial charge in [-0.3, -0.25) is 9.58 Å². The molecule has 0 amide bonds. The van der Waals surface area contributed by atoms with E-state index in [0.717, 1.165) is 49.7 Å². The molecule has 0 spiro atoms. The molecule has 1 atom stereocenters. The quantitative estimate of drug-likeness (QED) is 0.404. The van der Waals surface area contributed by atoms with Gasteiger partial charge in [0.05, 0.1) is 24.5 Å². The Kier molecular flexibility index (Phi) is 6.47. The molecule has 5 rings (SSSR count). The van der Waals surface area contributed by atoms with Crippen LogP contribution in [0.15, 0.2) is 89.7 Å². The smallest absolute Gasteiger partial charge is 0.122 e. The first-order valence-electron chi connectivity index (χ1n) is 11.5. The average Bonchev–Trinajstić information content (AvgIpc) is 3.61. The number of nitrogens with zero attached hydrogens (tertiary/aromatic N) is 3. The van der Waals surface area contributed by atoms with E-state index in [1.165, 1.54) is 24.0 Å². The molecule has 2 aromatic heterocycles. The molecule has 164 valence electrons. The topological polar surface area (TPSA) is 46.2 Å². The Morgan fingerprint density at radius 1 is 0.906 bits per heavy atom. The van der Waals surface area contributed by atoms with Gasteiger partial charge in [-0.1, -0.05) is 60.7 Å². The minimum absolute atomic E-state index is 0.270. The summed E-state index contributed by atoms with van der Waals surface area (Å²) in [5.74, 6) is 1.04. The fourth-order valence-corrected chi connectivity index (χ4v) is 4.57. The molecular weight excluding hydrogens is 396 g/mol. The first-order chi connectivity index (χ1) is 15.9. The first-order valence-corrected chi connectivity index (χ1v) is 11.5. The minimum Gasteiger partial charge on any atom is -0.468 e. The Morgan fingerprint density at radius 3 is 2.38 bits per heavy atom. The van der Waals surface area contributed by atoms with Gasteiger partial charge in [0, 0.05) is 30.4 Å². The van der Waals surface area contributed by atoms with Crippen LogP contribution in [0.2, 0.25) is 0 Å². The third-order valence-electron chi connectivity index (χ3n) is 6.18. The van der Waals surface area contributed by atoms with E-state index in [2.05, 4.69) is 75.7 Å². The number of hydrogen-bond acceptors (Lipinski definition) is 4.